The quantitative estimate of drug-likeness (QED) is 0.718. The van der Waals surface area contributed by atoms with Gasteiger partial charge >= 0.3 is 0 Å². The molecule has 3 heterocycles. The van der Waals surface area contributed by atoms with Crippen molar-refractivity contribution in [2.75, 3.05) is 13.2 Å². The van der Waals surface area contributed by atoms with Crippen LogP contribution in [0.25, 0.3) is 0 Å². The molecule has 3 saturated heterocycles. The van der Waals surface area contributed by atoms with Crippen molar-refractivity contribution in [3.8, 4) is 0 Å². The van der Waals surface area contributed by atoms with Crippen LogP contribution in [-0.4, -0.2) is 55.5 Å². The molecule has 28 heavy (non-hydrogen) atoms. The van der Waals surface area contributed by atoms with E-state index in [1.54, 1.807) is 0 Å². The highest BCUT2D eigenvalue weighted by molar-refractivity contribution is 5.01. The molecule has 160 valence electrons. The second-order valence-corrected chi connectivity index (χ2v) is 9.77. The van der Waals surface area contributed by atoms with Crippen LogP contribution in [0.4, 0.5) is 0 Å². The third kappa shape index (κ3) is 3.65. The summed E-state index contributed by atoms with van der Waals surface area (Å²) in [4.78, 5) is 0. The van der Waals surface area contributed by atoms with Crippen LogP contribution < -0.4 is 0 Å². The molecule has 2 aliphatic carbocycles. The zero-order chi connectivity index (χ0) is 19.2. The van der Waals surface area contributed by atoms with E-state index in [0.717, 1.165) is 38.5 Å². The Morgan fingerprint density at radius 1 is 0.821 bits per heavy atom. The van der Waals surface area contributed by atoms with Crippen molar-refractivity contribution in [2.24, 2.45) is 5.92 Å². The van der Waals surface area contributed by atoms with Crippen LogP contribution in [0.5, 0.6) is 0 Å². The molecular formula is C22H36O6. The van der Waals surface area contributed by atoms with Crippen molar-refractivity contribution >= 4 is 0 Å². The second-order valence-electron chi connectivity index (χ2n) is 9.77. The van der Waals surface area contributed by atoms with Gasteiger partial charge in [-0.2, -0.15) is 0 Å². The van der Waals surface area contributed by atoms with E-state index in [0.29, 0.717) is 19.1 Å². The molecule has 0 radical (unpaired) electrons. The van der Waals surface area contributed by atoms with E-state index in [2.05, 4.69) is 13.8 Å². The van der Waals surface area contributed by atoms with Crippen molar-refractivity contribution in [3.05, 3.63) is 0 Å². The van der Waals surface area contributed by atoms with E-state index >= 15 is 0 Å². The average Bonchev–Trinajstić information content (AvgIpc) is 3.33. The largest absolute Gasteiger partial charge is 0.372 e. The Bertz CT molecular complexity index is 539. The van der Waals surface area contributed by atoms with E-state index < -0.39 is 11.6 Å². The van der Waals surface area contributed by atoms with Crippen LogP contribution in [0.15, 0.2) is 0 Å². The lowest BCUT2D eigenvalue weighted by Crippen LogP contribution is -2.46. The maximum Gasteiger partial charge on any atom is 0.190 e. The SMILES string of the molecule is CC(C)CO[C@@H]1[C@H]2OC3(CCCCC3)O[C@H]2O[C@@H]1C1COC2(CCCCC2)O1. The van der Waals surface area contributed by atoms with Gasteiger partial charge in [-0.1, -0.05) is 26.7 Å². The summed E-state index contributed by atoms with van der Waals surface area (Å²) in [7, 11) is 0. The predicted molar refractivity (Wildman–Crippen MR) is 102 cm³/mol. The first-order valence-corrected chi connectivity index (χ1v) is 11.5. The van der Waals surface area contributed by atoms with E-state index in [4.69, 9.17) is 28.4 Å². The van der Waals surface area contributed by atoms with Crippen LogP contribution in [0.1, 0.15) is 78.1 Å². The lowest BCUT2D eigenvalue weighted by Gasteiger charge is -2.35. The van der Waals surface area contributed by atoms with Gasteiger partial charge in [-0.05, 0) is 31.6 Å². The Morgan fingerprint density at radius 2 is 1.50 bits per heavy atom. The molecule has 6 nitrogen and oxygen atoms in total. The predicted octanol–water partition coefficient (Wildman–Crippen LogP) is 3.90. The molecule has 0 N–H and O–H groups in total. The van der Waals surface area contributed by atoms with Crippen LogP contribution in [0.3, 0.4) is 0 Å². The summed E-state index contributed by atoms with van der Waals surface area (Å²) in [6, 6.07) is 0. The molecule has 0 bridgehead atoms. The first-order valence-electron chi connectivity index (χ1n) is 11.5. The second kappa shape index (κ2) is 7.78. The summed E-state index contributed by atoms with van der Waals surface area (Å²) in [5.41, 5.74) is 0. The molecule has 2 saturated carbocycles. The summed E-state index contributed by atoms with van der Waals surface area (Å²) < 4.78 is 38.3. The van der Waals surface area contributed by atoms with Crippen molar-refractivity contribution in [2.45, 2.75) is 120 Å². The topological polar surface area (TPSA) is 55.4 Å². The van der Waals surface area contributed by atoms with Gasteiger partial charge in [-0.3, -0.25) is 0 Å². The minimum Gasteiger partial charge on any atom is -0.372 e. The van der Waals surface area contributed by atoms with Crippen molar-refractivity contribution in [1.82, 2.24) is 0 Å². The Kier molecular flexibility index (Phi) is 5.48. The number of rotatable bonds is 4. The normalized spacial score (nSPS) is 41.9. The van der Waals surface area contributed by atoms with Gasteiger partial charge in [0.05, 0.1) is 6.61 Å². The molecule has 0 amide bonds. The summed E-state index contributed by atoms with van der Waals surface area (Å²) in [6.07, 6.45) is 10.1. The lowest BCUT2D eigenvalue weighted by atomic mass is 9.94. The molecule has 5 rings (SSSR count). The third-order valence-electron chi connectivity index (χ3n) is 6.98. The highest BCUT2D eigenvalue weighted by atomic mass is 16.9. The number of hydrogen-bond donors (Lipinski definition) is 0. The van der Waals surface area contributed by atoms with E-state index in [1.807, 2.05) is 0 Å². The molecule has 5 atom stereocenters. The van der Waals surface area contributed by atoms with Gasteiger partial charge in [0, 0.05) is 32.3 Å². The highest BCUT2D eigenvalue weighted by Crippen LogP contribution is 2.48. The maximum absolute atomic E-state index is 6.52. The molecule has 5 aliphatic rings. The molecule has 5 fully saturated rings. The van der Waals surface area contributed by atoms with Gasteiger partial charge in [-0.25, -0.2) is 0 Å². The fourth-order valence-corrected chi connectivity index (χ4v) is 5.57. The van der Waals surface area contributed by atoms with Crippen LogP contribution >= 0.6 is 0 Å². The van der Waals surface area contributed by atoms with Crippen molar-refractivity contribution in [1.29, 1.82) is 0 Å². The minimum absolute atomic E-state index is 0.115. The van der Waals surface area contributed by atoms with Crippen LogP contribution in [0, 0.1) is 5.92 Å². The fraction of sp³-hybridized carbons (Fsp3) is 1.00. The minimum atomic E-state index is -0.463. The Morgan fingerprint density at radius 3 is 2.18 bits per heavy atom. The van der Waals surface area contributed by atoms with Crippen molar-refractivity contribution < 1.29 is 28.4 Å². The average molecular weight is 397 g/mol. The fourth-order valence-electron chi connectivity index (χ4n) is 5.57. The zero-order valence-electron chi connectivity index (χ0n) is 17.4. The van der Waals surface area contributed by atoms with Crippen LogP contribution in [0.2, 0.25) is 0 Å². The van der Waals surface area contributed by atoms with Gasteiger partial charge in [0.25, 0.3) is 0 Å². The van der Waals surface area contributed by atoms with Gasteiger partial charge in [0.15, 0.2) is 17.9 Å². The lowest BCUT2D eigenvalue weighted by molar-refractivity contribution is -0.262. The van der Waals surface area contributed by atoms with Gasteiger partial charge in [0.1, 0.15) is 24.4 Å². The number of hydrogen-bond acceptors (Lipinski definition) is 6. The summed E-state index contributed by atoms with van der Waals surface area (Å²) in [6.45, 7) is 5.59. The standard InChI is InChI=1S/C22H36O6/c1-15(2)13-23-18-17(16-14-24-21(26-16)9-5-3-6-10-21)25-20-19(18)27-22(28-20)11-7-4-8-12-22/h15-20H,3-14H2,1-2H3/t16?,17-,18+,19-,20-/m1/s1. The Balaban J connectivity index is 1.30. The van der Waals surface area contributed by atoms with Crippen molar-refractivity contribution in [3.63, 3.8) is 0 Å². The van der Waals surface area contributed by atoms with Crippen LogP contribution in [-0.2, 0) is 28.4 Å². The molecule has 3 aliphatic heterocycles. The molecule has 0 aromatic carbocycles. The third-order valence-corrected chi connectivity index (χ3v) is 6.98. The molecule has 0 aromatic heterocycles. The van der Waals surface area contributed by atoms with Gasteiger partial charge in [0.2, 0.25) is 0 Å². The molecular weight excluding hydrogens is 360 g/mol. The number of fused-ring (bicyclic) bond motifs is 1. The van der Waals surface area contributed by atoms with Gasteiger partial charge < -0.3 is 28.4 Å². The molecule has 0 aromatic rings. The van der Waals surface area contributed by atoms with E-state index in [-0.39, 0.29) is 30.7 Å². The highest BCUT2D eigenvalue weighted by Gasteiger charge is 2.61. The monoisotopic (exact) mass is 396 g/mol. The van der Waals surface area contributed by atoms with Gasteiger partial charge in [-0.15, -0.1) is 0 Å². The zero-order valence-corrected chi connectivity index (χ0v) is 17.4. The molecule has 6 heteroatoms. The molecule has 1 unspecified atom stereocenters. The Hall–Kier alpha value is -0.240. The Labute approximate surface area is 168 Å². The maximum atomic E-state index is 6.52. The first-order chi connectivity index (χ1) is 13.6. The smallest absolute Gasteiger partial charge is 0.190 e. The first kappa shape index (κ1) is 19.7. The van der Waals surface area contributed by atoms with E-state index in [1.165, 1.54) is 25.7 Å². The number of ether oxygens (including phenoxy) is 6. The summed E-state index contributed by atoms with van der Waals surface area (Å²) in [5, 5.41) is 0. The summed E-state index contributed by atoms with van der Waals surface area (Å²) in [5.74, 6) is -0.412. The van der Waals surface area contributed by atoms with E-state index in [9.17, 15) is 0 Å². The molecule has 2 spiro atoms. The summed E-state index contributed by atoms with van der Waals surface area (Å²) >= 11 is 0.